The summed E-state index contributed by atoms with van der Waals surface area (Å²) in [6.45, 7) is 5.41. The minimum atomic E-state index is 0.317. The summed E-state index contributed by atoms with van der Waals surface area (Å²) in [5, 5.41) is 3.41. The third-order valence-corrected chi connectivity index (χ3v) is 3.66. The van der Waals surface area contributed by atoms with Crippen molar-refractivity contribution in [3.8, 4) is 12.3 Å². The van der Waals surface area contributed by atoms with Gasteiger partial charge in [0, 0.05) is 0 Å². The van der Waals surface area contributed by atoms with Gasteiger partial charge in [0.2, 0.25) is 0 Å². The molecule has 1 heteroatoms. The highest BCUT2D eigenvalue weighted by Crippen LogP contribution is 2.33. The van der Waals surface area contributed by atoms with Crippen LogP contribution in [0.3, 0.4) is 0 Å². The lowest BCUT2D eigenvalue weighted by atomic mass is 9.77. The molecule has 0 amide bonds. The molecule has 0 saturated heterocycles. The van der Waals surface area contributed by atoms with Crippen LogP contribution in [0.4, 0.5) is 0 Å². The van der Waals surface area contributed by atoms with Gasteiger partial charge in [0.05, 0.1) is 6.04 Å². The van der Waals surface area contributed by atoms with E-state index in [1.165, 1.54) is 38.5 Å². The highest BCUT2D eigenvalue weighted by atomic mass is 14.9. The molecule has 0 bridgehead atoms. The van der Waals surface area contributed by atoms with Crippen molar-refractivity contribution in [1.82, 2.24) is 5.32 Å². The Kier molecular flexibility index (Phi) is 5.79. The average molecular weight is 207 g/mol. The molecule has 1 N–H and O–H groups in total. The molecule has 0 aromatic heterocycles. The van der Waals surface area contributed by atoms with E-state index >= 15 is 0 Å². The van der Waals surface area contributed by atoms with E-state index in [4.69, 9.17) is 6.42 Å². The quantitative estimate of drug-likeness (QED) is 0.683. The van der Waals surface area contributed by atoms with E-state index in [1.807, 2.05) is 0 Å². The molecule has 1 rings (SSSR count). The van der Waals surface area contributed by atoms with E-state index < -0.39 is 0 Å². The fourth-order valence-corrected chi connectivity index (χ4v) is 2.80. The molecule has 15 heavy (non-hydrogen) atoms. The maximum Gasteiger partial charge on any atom is 0.0715 e. The fourth-order valence-electron chi connectivity index (χ4n) is 2.80. The summed E-state index contributed by atoms with van der Waals surface area (Å²) in [5.41, 5.74) is 0. The first kappa shape index (κ1) is 12.6. The van der Waals surface area contributed by atoms with Gasteiger partial charge in [-0.2, -0.15) is 0 Å². The zero-order valence-electron chi connectivity index (χ0n) is 10.3. The van der Waals surface area contributed by atoms with Crippen LogP contribution in [-0.2, 0) is 0 Å². The van der Waals surface area contributed by atoms with Crippen LogP contribution in [0.1, 0.15) is 52.4 Å². The first-order chi connectivity index (χ1) is 7.31. The molecule has 1 nitrogen and oxygen atoms in total. The van der Waals surface area contributed by atoms with Crippen molar-refractivity contribution in [2.45, 2.75) is 58.4 Å². The monoisotopic (exact) mass is 207 g/mol. The molecule has 1 unspecified atom stereocenters. The second-order valence-corrected chi connectivity index (χ2v) is 4.77. The third kappa shape index (κ3) is 3.87. The summed E-state index contributed by atoms with van der Waals surface area (Å²) in [4.78, 5) is 0. The Morgan fingerprint density at radius 3 is 2.40 bits per heavy atom. The Hall–Kier alpha value is -0.480. The van der Waals surface area contributed by atoms with E-state index in [0.29, 0.717) is 6.04 Å². The molecule has 0 heterocycles. The molecule has 0 aromatic rings. The van der Waals surface area contributed by atoms with Crippen LogP contribution in [0, 0.1) is 24.2 Å². The normalized spacial score (nSPS) is 28.3. The van der Waals surface area contributed by atoms with Crippen molar-refractivity contribution in [3.05, 3.63) is 0 Å². The van der Waals surface area contributed by atoms with Gasteiger partial charge in [-0.25, -0.2) is 0 Å². The molecule has 86 valence electrons. The standard InChI is InChI=1S/C14H25N/c1-4-7-12-8-10-13(11-9-12)14(5-2)15-6-3/h2,12-15H,4,6-11H2,1,3H3. The van der Waals surface area contributed by atoms with Crippen LogP contribution in [-0.4, -0.2) is 12.6 Å². The van der Waals surface area contributed by atoms with E-state index in [2.05, 4.69) is 25.1 Å². The molecule has 1 fully saturated rings. The first-order valence-corrected chi connectivity index (χ1v) is 6.51. The minimum Gasteiger partial charge on any atom is -0.304 e. The molecule has 1 aliphatic rings. The second kappa shape index (κ2) is 6.90. The molecular weight excluding hydrogens is 182 g/mol. The summed E-state index contributed by atoms with van der Waals surface area (Å²) in [6.07, 6.45) is 13.8. The van der Waals surface area contributed by atoms with E-state index in [1.54, 1.807) is 0 Å². The summed E-state index contributed by atoms with van der Waals surface area (Å²) < 4.78 is 0. The lowest BCUT2D eigenvalue weighted by Gasteiger charge is -2.31. The SMILES string of the molecule is C#CC(NCC)C1CCC(CCC)CC1. The summed E-state index contributed by atoms with van der Waals surface area (Å²) in [6, 6.07) is 0.317. The van der Waals surface area contributed by atoms with Gasteiger partial charge in [-0.1, -0.05) is 45.5 Å². The minimum absolute atomic E-state index is 0.317. The molecule has 0 radical (unpaired) electrons. The van der Waals surface area contributed by atoms with Crippen LogP contribution in [0.15, 0.2) is 0 Å². The highest BCUT2D eigenvalue weighted by Gasteiger charge is 2.25. The third-order valence-electron chi connectivity index (χ3n) is 3.66. The Balaban J connectivity index is 2.32. The van der Waals surface area contributed by atoms with E-state index in [9.17, 15) is 0 Å². The molecule has 1 aliphatic carbocycles. The topological polar surface area (TPSA) is 12.0 Å². The number of hydrogen-bond donors (Lipinski definition) is 1. The van der Waals surface area contributed by atoms with Crippen LogP contribution in [0.25, 0.3) is 0 Å². The number of rotatable bonds is 5. The largest absolute Gasteiger partial charge is 0.304 e. The Labute approximate surface area is 95.0 Å². The number of hydrogen-bond acceptors (Lipinski definition) is 1. The first-order valence-electron chi connectivity index (χ1n) is 6.51. The Bertz CT molecular complexity index is 196. The average Bonchev–Trinajstić information content (AvgIpc) is 2.28. The van der Waals surface area contributed by atoms with Gasteiger partial charge in [-0.15, -0.1) is 6.42 Å². The summed E-state index contributed by atoms with van der Waals surface area (Å²) in [7, 11) is 0. The van der Waals surface area contributed by atoms with Crippen molar-refractivity contribution in [2.75, 3.05) is 6.54 Å². The van der Waals surface area contributed by atoms with E-state index in [-0.39, 0.29) is 0 Å². The molecule has 1 saturated carbocycles. The number of nitrogens with one attached hydrogen (secondary N) is 1. The summed E-state index contributed by atoms with van der Waals surface area (Å²) >= 11 is 0. The maximum atomic E-state index is 5.57. The van der Waals surface area contributed by atoms with Gasteiger partial charge in [0.15, 0.2) is 0 Å². The van der Waals surface area contributed by atoms with Crippen molar-refractivity contribution in [2.24, 2.45) is 11.8 Å². The Morgan fingerprint density at radius 1 is 1.27 bits per heavy atom. The molecule has 1 atom stereocenters. The van der Waals surface area contributed by atoms with Gasteiger partial charge >= 0.3 is 0 Å². The summed E-state index contributed by atoms with van der Waals surface area (Å²) in [5.74, 6) is 4.61. The van der Waals surface area contributed by atoms with E-state index in [0.717, 1.165) is 18.4 Å². The number of terminal acetylenes is 1. The predicted octanol–water partition coefficient (Wildman–Crippen LogP) is 3.20. The fraction of sp³-hybridized carbons (Fsp3) is 0.857. The van der Waals surface area contributed by atoms with Gasteiger partial charge in [-0.3, -0.25) is 0 Å². The second-order valence-electron chi connectivity index (χ2n) is 4.77. The van der Waals surface area contributed by atoms with Crippen molar-refractivity contribution in [1.29, 1.82) is 0 Å². The van der Waals surface area contributed by atoms with Crippen molar-refractivity contribution in [3.63, 3.8) is 0 Å². The van der Waals surface area contributed by atoms with Crippen molar-refractivity contribution < 1.29 is 0 Å². The molecule has 0 spiro atoms. The zero-order chi connectivity index (χ0) is 11.1. The van der Waals surface area contributed by atoms with Gasteiger partial charge in [0.1, 0.15) is 0 Å². The van der Waals surface area contributed by atoms with Crippen LogP contribution in [0.2, 0.25) is 0 Å². The van der Waals surface area contributed by atoms with Crippen molar-refractivity contribution >= 4 is 0 Å². The predicted molar refractivity (Wildman–Crippen MR) is 66.7 cm³/mol. The lowest BCUT2D eigenvalue weighted by molar-refractivity contribution is 0.237. The van der Waals surface area contributed by atoms with Crippen LogP contribution >= 0.6 is 0 Å². The molecule has 0 aliphatic heterocycles. The molecular formula is C14H25N. The maximum absolute atomic E-state index is 5.57. The Morgan fingerprint density at radius 2 is 1.93 bits per heavy atom. The van der Waals surface area contributed by atoms with Gasteiger partial charge in [-0.05, 0) is 31.2 Å². The zero-order valence-corrected chi connectivity index (χ0v) is 10.3. The highest BCUT2D eigenvalue weighted by molar-refractivity contribution is 5.02. The lowest BCUT2D eigenvalue weighted by Crippen LogP contribution is -2.36. The van der Waals surface area contributed by atoms with Crippen LogP contribution in [0.5, 0.6) is 0 Å². The molecule has 0 aromatic carbocycles. The smallest absolute Gasteiger partial charge is 0.0715 e. The van der Waals surface area contributed by atoms with Crippen LogP contribution < -0.4 is 5.32 Å². The van der Waals surface area contributed by atoms with Gasteiger partial charge in [0.25, 0.3) is 0 Å². The van der Waals surface area contributed by atoms with Gasteiger partial charge < -0.3 is 5.32 Å².